The maximum absolute atomic E-state index is 13.4. The number of aliphatic hydroxyl groups is 1. The van der Waals surface area contributed by atoms with Gasteiger partial charge in [-0.15, -0.1) is 0 Å². The van der Waals surface area contributed by atoms with Gasteiger partial charge < -0.3 is 23.9 Å². The maximum atomic E-state index is 13.4. The van der Waals surface area contributed by atoms with Gasteiger partial charge in [0.25, 0.3) is 5.91 Å². The van der Waals surface area contributed by atoms with Crippen LogP contribution in [0.1, 0.15) is 60.3 Å². The highest BCUT2D eigenvalue weighted by Gasteiger charge is 2.42. The van der Waals surface area contributed by atoms with Crippen LogP contribution in [0.25, 0.3) is 11.0 Å². The predicted octanol–water partition coefficient (Wildman–Crippen LogP) is 4.30. The van der Waals surface area contributed by atoms with Gasteiger partial charge in [0.05, 0.1) is 30.7 Å². The van der Waals surface area contributed by atoms with Crippen LogP contribution < -0.4 is 14.9 Å². The Morgan fingerprint density at radius 2 is 1.88 bits per heavy atom. The number of carbonyl (C=O) groups is 1. The summed E-state index contributed by atoms with van der Waals surface area (Å²) in [6, 6.07) is 11.8. The molecule has 0 bridgehead atoms. The van der Waals surface area contributed by atoms with Crippen LogP contribution in [0.2, 0.25) is 0 Å². The topological polar surface area (TPSA) is 89.2 Å². The molecular formula is C26H29NO6. The van der Waals surface area contributed by atoms with Crippen LogP contribution in [0.15, 0.2) is 51.7 Å². The Bertz CT molecular complexity index is 1200. The van der Waals surface area contributed by atoms with E-state index in [1.54, 1.807) is 36.3 Å². The van der Waals surface area contributed by atoms with Gasteiger partial charge in [-0.3, -0.25) is 9.59 Å². The van der Waals surface area contributed by atoms with Crippen molar-refractivity contribution in [3.8, 4) is 11.5 Å². The molecule has 174 valence electrons. The smallest absolute Gasteiger partial charge is 0.290 e. The number of rotatable bonds is 10. The van der Waals surface area contributed by atoms with Crippen molar-refractivity contribution in [2.75, 3.05) is 26.9 Å². The van der Waals surface area contributed by atoms with E-state index in [1.165, 1.54) is 0 Å². The summed E-state index contributed by atoms with van der Waals surface area (Å²) in [5.41, 5.74) is 1.19. The first-order chi connectivity index (χ1) is 16.1. The number of nitrogens with zero attached hydrogens (tertiary/aromatic N) is 1. The highest BCUT2D eigenvalue weighted by Crippen LogP contribution is 2.41. The summed E-state index contributed by atoms with van der Waals surface area (Å²) in [5, 5.41) is 9.81. The molecule has 1 N–H and O–H groups in total. The first-order valence-corrected chi connectivity index (χ1v) is 11.4. The minimum Gasteiger partial charge on any atom is -0.493 e. The summed E-state index contributed by atoms with van der Waals surface area (Å²) in [4.78, 5) is 28.3. The van der Waals surface area contributed by atoms with Gasteiger partial charge >= 0.3 is 0 Å². The molecule has 2 heterocycles. The lowest BCUT2D eigenvalue weighted by molar-refractivity contribution is 0.0716. The Morgan fingerprint density at radius 3 is 2.64 bits per heavy atom. The fourth-order valence-corrected chi connectivity index (χ4v) is 4.29. The number of carbonyl (C=O) groups excluding carboxylic acids is 1. The van der Waals surface area contributed by atoms with Crippen LogP contribution in [0.5, 0.6) is 11.5 Å². The molecule has 1 aromatic heterocycles. The maximum Gasteiger partial charge on any atom is 0.290 e. The number of benzene rings is 2. The molecule has 1 amide bonds. The Morgan fingerprint density at radius 1 is 1.06 bits per heavy atom. The second kappa shape index (κ2) is 10.1. The Kier molecular flexibility index (Phi) is 6.99. The minimum atomic E-state index is -0.636. The normalized spacial score (nSPS) is 15.2. The summed E-state index contributed by atoms with van der Waals surface area (Å²) < 4.78 is 17.4. The highest BCUT2D eigenvalue weighted by atomic mass is 16.5. The number of unbranched alkanes of at least 4 members (excludes halogenated alkanes) is 2. The average Bonchev–Trinajstić information content (AvgIpc) is 3.12. The van der Waals surface area contributed by atoms with Crippen molar-refractivity contribution in [2.24, 2.45) is 0 Å². The van der Waals surface area contributed by atoms with E-state index in [0.29, 0.717) is 41.1 Å². The number of amides is 1. The molecule has 1 aliphatic heterocycles. The molecule has 7 nitrogen and oxygen atoms in total. The van der Waals surface area contributed by atoms with Gasteiger partial charge in [-0.1, -0.05) is 38.0 Å². The van der Waals surface area contributed by atoms with Crippen LogP contribution in [0.3, 0.4) is 0 Å². The van der Waals surface area contributed by atoms with E-state index in [0.717, 1.165) is 24.8 Å². The largest absolute Gasteiger partial charge is 0.493 e. The Labute approximate surface area is 192 Å². The fourth-order valence-electron chi connectivity index (χ4n) is 4.29. The van der Waals surface area contributed by atoms with Crippen molar-refractivity contribution in [2.45, 2.75) is 38.6 Å². The van der Waals surface area contributed by atoms with E-state index in [4.69, 9.17) is 13.9 Å². The van der Waals surface area contributed by atoms with Gasteiger partial charge in [-0.25, -0.2) is 0 Å². The van der Waals surface area contributed by atoms with Crippen LogP contribution in [0.4, 0.5) is 0 Å². The Balaban J connectivity index is 1.79. The molecule has 33 heavy (non-hydrogen) atoms. The number of ether oxygens (including phenoxy) is 2. The lowest BCUT2D eigenvalue weighted by Crippen LogP contribution is -2.31. The highest BCUT2D eigenvalue weighted by molar-refractivity contribution is 5.99. The van der Waals surface area contributed by atoms with Crippen molar-refractivity contribution >= 4 is 16.9 Å². The number of methoxy groups -OCH3 is 1. The lowest BCUT2D eigenvalue weighted by atomic mass is 9.98. The Hall–Kier alpha value is -3.32. The van der Waals surface area contributed by atoms with Gasteiger partial charge in [0.2, 0.25) is 5.76 Å². The quantitative estimate of drug-likeness (QED) is 0.463. The molecular weight excluding hydrogens is 422 g/mol. The molecule has 1 aliphatic rings. The zero-order valence-corrected chi connectivity index (χ0v) is 19.0. The van der Waals surface area contributed by atoms with Gasteiger partial charge in [0.1, 0.15) is 5.58 Å². The predicted molar refractivity (Wildman–Crippen MR) is 125 cm³/mol. The first-order valence-electron chi connectivity index (χ1n) is 11.4. The number of aliphatic hydroxyl groups excluding tert-OH is 1. The monoisotopic (exact) mass is 451 g/mol. The van der Waals surface area contributed by atoms with Crippen molar-refractivity contribution < 1.29 is 23.8 Å². The van der Waals surface area contributed by atoms with Gasteiger partial charge in [0.15, 0.2) is 16.9 Å². The van der Waals surface area contributed by atoms with Crippen LogP contribution in [-0.2, 0) is 0 Å². The van der Waals surface area contributed by atoms with Crippen LogP contribution in [0, 0.1) is 0 Å². The summed E-state index contributed by atoms with van der Waals surface area (Å²) in [5.74, 6) is 0.859. The number of para-hydroxylation sites is 1. The van der Waals surface area contributed by atoms with E-state index >= 15 is 0 Å². The SMILES string of the molecule is CCCCCOc1ccc([C@H]2c3c(oc4ccccc4c3=O)C(=O)N2CCCO)cc1OC. The minimum absolute atomic E-state index is 0.0560. The molecule has 0 spiro atoms. The molecule has 1 atom stereocenters. The fraction of sp³-hybridized carbons (Fsp3) is 0.385. The molecule has 3 aromatic rings. The average molecular weight is 452 g/mol. The van der Waals surface area contributed by atoms with E-state index in [2.05, 4.69) is 6.92 Å². The van der Waals surface area contributed by atoms with Gasteiger partial charge in [0, 0.05) is 13.2 Å². The molecule has 0 aliphatic carbocycles. The molecule has 2 aromatic carbocycles. The molecule has 0 fully saturated rings. The van der Waals surface area contributed by atoms with Crippen molar-refractivity contribution in [3.63, 3.8) is 0 Å². The number of hydrogen-bond donors (Lipinski definition) is 1. The van der Waals surface area contributed by atoms with E-state index < -0.39 is 6.04 Å². The number of hydrogen-bond acceptors (Lipinski definition) is 6. The summed E-state index contributed by atoms with van der Waals surface area (Å²) in [6.45, 7) is 2.95. The van der Waals surface area contributed by atoms with Crippen molar-refractivity contribution in [3.05, 3.63) is 69.6 Å². The standard InChI is InChI=1S/C26H29NO6/c1-3-4-7-15-32-20-12-11-17(16-21(20)31-2)23-22-24(29)18-9-5-6-10-19(18)33-25(22)26(30)27(23)13-8-14-28/h5-6,9-12,16,23,28H,3-4,7-8,13-15H2,1-2H3/t23-/m0/s1. The second-order valence-corrected chi connectivity index (χ2v) is 8.11. The molecule has 0 saturated carbocycles. The zero-order chi connectivity index (χ0) is 23.4. The third-order valence-electron chi connectivity index (χ3n) is 5.94. The lowest BCUT2D eigenvalue weighted by Gasteiger charge is -2.25. The van der Waals surface area contributed by atoms with Gasteiger partial charge in [-0.05, 0) is 42.7 Å². The second-order valence-electron chi connectivity index (χ2n) is 8.11. The van der Waals surface area contributed by atoms with Gasteiger partial charge in [-0.2, -0.15) is 0 Å². The van der Waals surface area contributed by atoms with Crippen molar-refractivity contribution in [1.82, 2.24) is 4.90 Å². The van der Waals surface area contributed by atoms with Crippen molar-refractivity contribution in [1.29, 1.82) is 0 Å². The van der Waals surface area contributed by atoms with E-state index in [1.807, 2.05) is 18.2 Å². The third-order valence-corrected chi connectivity index (χ3v) is 5.94. The zero-order valence-electron chi connectivity index (χ0n) is 19.0. The van der Waals surface area contributed by atoms with Crippen LogP contribution >= 0.6 is 0 Å². The molecule has 4 rings (SSSR count). The summed E-state index contributed by atoms with van der Waals surface area (Å²) in [6.07, 6.45) is 3.54. The number of fused-ring (bicyclic) bond motifs is 2. The summed E-state index contributed by atoms with van der Waals surface area (Å²) in [7, 11) is 1.57. The summed E-state index contributed by atoms with van der Waals surface area (Å²) >= 11 is 0. The van der Waals surface area contributed by atoms with E-state index in [9.17, 15) is 14.7 Å². The molecule has 0 saturated heterocycles. The van der Waals surface area contributed by atoms with Crippen LogP contribution in [-0.4, -0.2) is 42.8 Å². The molecule has 0 radical (unpaired) electrons. The third kappa shape index (κ3) is 4.33. The molecule has 0 unspecified atom stereocenters. The first kappa shape index (κ1) is 22.9. The van der Waals surface area contributed by atoms with E-state index in [-0.39, 0.29) is 30.2 Å². The molecule has 7 heteroatoms.